The van der Waals surface area contributed by atoms with E-state index in [-0.39, 0.29) is 18.1 Å². The van der Waals surface area contributed by atoms with Crippen LogP contribution in [0.4, 0.5) is 0 Å². The summed E-state index contributed by atoms with van der Waals surface area (Å²) < 4.78 is 0. The Hall–Kier alpha value is -1.77. The predicted molar refractivity (Wildman–Crippen MR) is 67.1 cm³/mol. The second-order valence-electron chi connectivity index (χ2n) is 4.87. The fourth-order valence-corrected chi connectivity index (χ4v) is 2.72. The zero-order chi connectivity index (χ0) is 12.0. The minimum Gasteiger partial charge on any atom is -0.350 e. The van der Waals surface area contributed by atoms with Gasteiger partial charge in [0.15, 0.2) is 0 Å². The number of benzene rings is 1. The Morgan fingerprint density at radius 3 is 2.94 bits per heavy atom. The lowest BCUT2D eigenvalue weighted by Crippen LogP contribution is -2.59. The summed E-state index contributed by atoms with van der Waals surface area (Å²) in [5, 5.41) is 5.54. The molecule has 2 unspecified atom stereocenters. The summed E-state index contributed by atoms with van der Waals surface area (Å²) in [4.78, 5) is 13.9. The van der Waals surface area contributed by atoms with E-state index in [2.05, 4.69) is 48.5 Å². The lowest BCUT2D eigenvalue weighted by molar-refractivity contribution is -0.125. The van der Waals surface area contributed by atoms with Crippen LogP contribution in [0.1, 0.15) is 20.3 Å². The molecule has 1 amide bonds. The first-order valence-electron chi connectivity index (χ1n) is 6.01. The fourth-order valence-electron chi connectivity index (χ4n) is 2.72. The molecule has 3 nitrogen and oxygen atoms in total. The van der Waals surface area contributed by atoms with Crippen molar-refractivity contribution in [1.29, 1.82) is 0 Å². The van der Waals surface area contributed by atoms with Gasteiger partial charge in [-0.3, -0.25) is 4.79 Å². The van der Waals surface area contributed by atoms with Gasteiger partial charge < -0.3 is 10.2 Å². The third-order valence-electron chi connectivity index (χ3n) is 3.67. The number of amides is 1. The molecule has 0 radical (unpaired) electrons. The summed E-state index contributed by atoms with van der Waals surface area (Å²) in [6, 6.07) is 8.59. The first kappa shape index (κ1) is 10.4. The van der Waals surface area contributed by atoms with Gasteiger partial charge in [-0.2, -0.15) is 0 Å². The number of carbonyl (C=O) groups excluding carboxylic acids is 1. The average Bonchev–Trinajstić information content (AvgIpc) is 2.31. The minimum absolute atomic E-state index is 0.0288. The molecule has 1 aromatic carbocycles. The molecule has 1 fully saturated rings. The van der Waals surface area contributed by atoms with Crippen LogP contribution in [0.25, 0.3) is 11.8 Å². The van der Waals surface area contributed by atoms with Gasteiger partial charge in [-0.15, -0.1) is 0 Å². The van der Waals surface area contributed by atoms with Crippen molar-refractivity contribution in [3.63, 3.8) is 0 Å². The van der Waals surface area contributed by atoms with Crippen molar-refractivity contribution in [2.75, 3.05) is 0 Å². The summed E-state index contributed by atoms with van der Waals surface area (Å²) in [7, 11) is 0. The highest BCUT2D eigenvalue weighted by atomic mass is 16.2. The summed E-state index contributed by atoms with van der Waals surface area (Å²) in [6.07, 6.45) is 2.76. The summed E-state index contributed by atoms with van der Waals surface area (Å²) in [6.45, 7) is 4.20. The SMILES string of the molecule is CC1=c2ccccc2=CN2C(C)CC(=O)NC12. The molecular weight excluding hydrogens is 212 g/mol. The van der Waals surface area contributed by atoms with Crippen LogP contribution in [-0.4, -0.2) is 23.0 Å². The van der Waals surface area contributed by atoms with Crippen molar-refractivity contribution in [2.24, 2.45) is 0 Å². The average molecular weight is 228 g/mol. The van der Waals surface area contributed by atoms with Crippen LogP contribution in [0.3, 0.4) is 0 Å². The Labute approximate surface area is 100 Å². The zero-order valence-electron chi connectivity index (χ0n) is 10.1. The van der Waals surface area contributed by atoms with Crippen LogP contribution < -0.4 is 15.8 Å². The molecule has 0 saturated carbocycles. The van der Waals surface area contributed by atoms with Crippen molar-refractivity contribution in [3.05, 3.63) is 34.7 Å². The Morgan fingerprint density at radius 1 is 1.35 bits per heavy atom. The quantitative estimate of drug-likeness (QED) is 0.685. The fraction of sp³-hybridized carbons (Fsp3) is 0.357. The number of carbonyl (C=O) groups is 1. The van der Waals surface area contributed by atoms with E-state index < -0.39 is 0 Å². The molecular formula is C14H16N2O. The number of nitrogens with one attached hydrogen (secondary N) is 1. The van der Waals surface area contributed by atoms with E-state index in [1.54, 1.807) is 0 Å². The maximum atomic E-state index is 11.6. The van der Waals surface area contributed by atoms with Crippen molar-refractivity contribution < 1.29 is 4.79 Å². The van der Waals surface area contributed by atoms with Gasteiger partial charge in [0.05, 0.1) is 0 Å². The molecule has 2 atom stereocenters. The van der Waals surface area contributed by atoms with E-state index in [0.717, 1.165) is 0 Å². The van der Waals surface area contributed by atoms with Crippen LogP contribution in [0.5, 0.6) is 0 Å². The number of nitrogens with zero attached hydrogens (tertiary/aromatic N) is 1. The van der Waals surface area contributed by atoms with Gasteiger partial charge in [-0.1, -0.05) is 24.3 Å². The highest BCUT2D eigenvalue weighted by Gasteiger charge is 2.32. The van der Waals surface area contributed by atoms with E-state index in [0.29, 0.717) is 6.42 Å². The Balaban J connectivity index is 2.21. The zero-order valence-corrected chi connectivity index (χ0v) is 10.1. The van der Waals surface area contributed by atoms with Gasteiger partial charge in [-0.25, -0.2) is 0 Å². The van der Waals surface area contributed by atoms with Crippen molar-refractivity contribution in [2.45, 2.75) is 32.5 Å². The third kappa shape index (κ3) is 1.54. The normalized spacial score (nSPS) is 26.8. The minimum atomic E-state index is 0.0288. The van der Waals surface area contributed by atoms with Gasteiger partial charge in [0, 0.05) is 18.7 Å². The largest absolute Gasteiger partial charge is 0.350 e. The van der Waals surface area contributed by atoms with E-state index in [1.807, 2.05) is 6.07 Å². The third-order valence-corrected chi connectivity index (χ3v) is 3.67. The molecule has 3 heteroatoms. The Kier molecular flexibility index (Phi) is 2.21. The van der Waals surface area contributed by atoms with Crippen molar-refractivity contribution in [3.8, 4) is 0 Å². The topological polar surface area (TPSA) is 32.3 Å². The molecule has 17 heavy (non-hydrogen) atoms. The number of rotatable bonds is 0. The van der Waals surface area contributed by atoms with Gasteiger partial charge >= 0.3 is 0 Å². The molecule has 2 aliphatic heterocycles. The van der Waals surface area contributed by atoms with Gasteiger partial charge in [-0.05, 0) is 29.9 Å². The lowest BCUT2D eigenvalue weighted by Gasteiger charge is -2.42. The van der Waals surface area contributed by atoms with Crippen LogP contribution in [0, 0.1) is 0 Å². The van der Waals surface area contributed by atoms with Gasteiger partial charge in [0.1, 0.15) is 6.17 Å². The second kappa shape index (κ2) is 3.62. The number of hydrogen-bond donors (Lipinski definition) is 1. The second-order valence-corrected chi connectivity index (χ2v) is 4.87. The highest BCUT2D eigenvalue weighted by molar-refractivity contribution is 5.80. The smallest absolute Gasteiger partial charge is 0.223 e. The van der Waals surface area contributed by atoms with E-state index in [9.17, 15) is 4.79 Å². The molecule has 2 heterocycles. The molecule has 0 spiro atoms. The van der Waals surface area contributed by atoms with E-state index in [1.165, 1.54) is 16.0 Å². The monoisotopic (exact) mass is 228 g/mol. The highest BCUT2D eigenvalue weighted by Crippen LogP contribution is 2.20. The summed E-state index contributed by atoms with van der Waals surface area (Å²) in [5.74, 6) is 0.144. The Bertz CT molecular complexity index is 590. The maximum Gasteiger partial charge on any atom is 0.223 e. The first-order valence-corrected chi connectivity index (χ1v) is 6.01. The van der Waals surface area contributed by atoms with Crippen LogP contribution >= 0.6 is 0 Å². The van der Waals surface area contributed by atoms with Crippen LogP contribution in [-0.2, 0) is 4.79 Å². The number of hydrogen-bond acceptors (Lipinski definition) is 2. The van der Waals surface area contributed by atoms with Crippen molar-refractivity contribution >= 4 is 17.7 Å². The van der Waals surface area contributed by atoms with E-state index >= 15 is 0 Å². The molecule has 1 aromatic rings. The molecule has 0 aromatic heterocycles. The summed E-state index contributed by atoms with van der Waals surface area (Å²) in [5.41, 5.74) is 1.23. The van der Waals surface area contributed by atoms with Gasteiger partial charge in [0.25, 0.3) is 0 Å². The van der Waals surface area contributed by atoms with Crippen molar-refractivity contribution in [1.82, 2.24) is 10.2 Å². The lowest BCUT2D eigenvalue weighted by atomic mass is 9.99. The van der Waals surface area contributed by atoms with Gasteiger partial charge in [0.2, 0.25) is 5.91 Å². The molecule has 2 aliphatic rings. The molecule has 3 rings (SSSR count). The molecule has 0 bridgehead atoms. The summed E-state index contributed by atoms with van der Waals surface area (Å²) >= 11 is 0. The molecule has 0 aliphatic carbocycles. The standard InChI is InChI=1S/C14H16N2O/c1-9-7-13(17)15-14-10(2)12-6-4-3-5-11(12)8-16(9)14/h3-6,8-9,14H,7H2,1-2H3,(H,15,17). The van der Waals surface area contributed by atoms with Crippen LogP contribution in [0.15, 0.2) is 24.3 Å². The molecule has 88 valence electrons. The first-order chi connectivity index (χ1) is 8.16. The van der Waals surface area contributed by atoms with E-state index in [4.69, 9.17) is 0 Å². The van der Waals surface area contributed by atoms with Crippen LogP contribution in [0.2, 0.25) is 0 Å². The molecule has 1 saturated heterocycles. The molecule has 1 N–H and O–H groups in total. The Morgan fingerprint density at radius 2 is 2.12 bits per heavy atom. The number of fused-ring (bicyclic) bond motifs is 2. The predicted octanol–water partition coefficient (Wildman–Crippen LogP) is 0.145. The maximum absolute atomic E-state index is 11.6.